The van der Waals surface area contributed by atoms with Gasteiger partial charge in [-0.1, -0.05) is 29.3 Å². The molecule has 0 spiro atoms. The van der Waals surface area contributed by atoms with Gasteiger partial charge in [0.25, 0.3) is 0 Å². The number of aryl methyl sites for hydroxylation is 2. The summed E-state index contributed by atoms with van der Waals surface area (Å²) in [6.45, 7) is 9.70. The van der Waals surface area contributed by atoms with Crippen molar-refractivity contribution in [3.63, 3.8) is 0 Å². The van der Waals surface area contributed by atoms with Gasteiger partial charge in [-0.2, -0.15) is 5.10 Å². The number of nitrogens with one attached hydrogen (secondary N) is 1. The van der Waals surface area contributed by atoms with Crippen LogP contribution >= 0.6 is 35.4 Å². The molecule has 0 bridgehead atoms. The molecule has 0 atom stereocenters. The Bertz CT molecular complexity index is 784. The molecule has 2 heterocycles. The first-order chi connectivity index (χ1) is 12.5. The lowest BCUT2D eigenvalue weighted by atomic mass is 10.2. The number of anilines is 1. The van der Waals surface area contributed by atoms with Crippen molar-refractivity contribution >= 4 is 46.2 Å². The number of nitrogens with zero attached hydrogens (tertiary/aromatic N) is 4. The smallest absolute Gasteiger partial charge is 0.173 e. The second-order valence-electron chi connectivity index (χ2n) is 6.39. The monoisotopic (exact) mass is 411 g/mol. The topological polar surface area (TPSA) is 36.3 Å². The van der Waals surface area contributed by atoms with E-state index in [1.54, 1.807) is 6.07 Å². The van der Waals surface area contributed by atoms with E-state index in [4.69, 9.17) is 35.4 Å². The third-order valence-corrected chi connectivity index (χ3v) is 5.80. The Morgan fingerprint density at radius 3 is 2.62 bits per heavy atom. The van der Waals surface area contributed by atoms with Crippen LogP contribution in [-0.4, -0.2) is 50.9 Å². The first kappa shape index (κ1) is 19.4. The minimum Gasteiger partial charge on any atom is -0.346 e. The van der Waals surface area contributed by atoms with E-state index in [1.807, 2.05) is 16.8 Å². The number of rotatable bonds is 4. The molecule has 8 heteroatoms. The van der Waals surface area contributed by atoms with Gasteiger partial charge in [0.05, 0.1) is 21.4 Å². The number of thiocarbonyl (C=S) groups is 1. The molecule has 1 aromatic carbocycles. The van der Waals surface area contributed by atoms with Gasteiger partial charge in [0, 0.05) is 51.0 Å². The normalized spacial score (nSPS) is 15.3. The molecule has 1 saturated heterocycles. The highest BCUT2D eigenvalue weighted by Crippen LogP contribution is 2.29. The minimum atomic E-state index is 0.499. The van der Waals surface area contributed by atoms with Gasteiger partial charge in [0.2, 0.25) is 0 Å². The maximum Gasteiger partial charge on any atom is 0.173 e. The predicted molar refractivity (Wildman–Crippen MR) is 112 cm³/mol. The van der Waals surface area contributed by atoms with Gasteiger partial charge >= 0.3 is 0 Å². The Morgan fingerprint density at radius 2 is 1.96 bits per heavy atom. The molecule has 5 nitrogen and oxygen atoms in total. The molecule has 2 aromatic rings. The summed E-state index contributed by atoms with van der Waals surface area (Å²) < 4.78 is 1.99. The molecule has 0 amide bonds. The van der Waals surface area contributed by atoms with Crippen LogP contribution in [-0.2, 0) is 13.1 Å². The SMILES string of the molecule is CCn1cc(CN2CCN(C(=S)Nc3cccc(Cl)c3Cl)CC2)c(C)n1. The van der Waals surface area contributed by atoms with Crippen molar-refractivity contribution < 1.29 is 0 Å². The number of benzene rings is 1. The van der Waals surface area contributed by atoms with E-state index in [-0.39, 0.29) is 0 Å². The summed E-state index contributed by atoms with van der Waals surface area (Å²) in [5.74, 6) is 0. The van der Waals surface area contributed by atoms with Gasteiger partial charge in [0.15, 0.2) is 5.11 Å². The number of aromatic nitrogens is 2. The standard InChI is InChI=1S/C18H23Cl2N5S/c1-3-25-12-14(13(2)22-25)11-23-7-9-24(10-8-23)18(26)21-16-6-4-5-15(19)17(16)20/h4-6,12H,3,7-11H2,1-2H3,(H,21,26). The van der Waals surface area contributed by atoms with Gasteiger partial charge in [-0.15, -0.1) is 0 Å². The largest absolute Gasteiger partial charge is 0.346 e. The molecule has 3 rings (SSSR count). The number of halogens is 2. The van der Waals surface area contributed by atoms with Crippen molar-refractivity contribution in [3.05, 3.63) is 45.7 Å². The predicted octanol–water partition coefficient (Wildman–Crippen LogP) is 4.03. The van der Waals surface area contributed by atoms with E-state index in [1.165, 1.54) is 5.56 Å². The van der Waals surface area contributed by atoms with E-state index in [2.05, 4.69) is 40.3 Å². The summed E-state index contributed by atoms with van der Waals surface area (Å²) in [7, 11) is 0. The molecule has 26 heavy (non-hydrogen) atoms. The summed E-state index contributed by atoms with van der Waals surface area (Å²) in [6.07, 6.45) is 2.15. The zero-order valence-electron chi connectivity index (χ0n) is 15.0. The van der Waals surface area contributed by atoms with Gasteiger partial charge in [-0.25, -0.2) is 0 Å². The van der Waals surface area contributed by atoms with E-state index >= 15 is 0 Å². The van der Waals surface area contributed by atoms with Crippen LogP contribution < -0.4 is 5.32 Å². The lowest BCUT2D eigenvalue weighted by Gasteiger charge is -2.36. The maximum absolute atomic E-state index is 6.23. The Kier molecular flexibility index (Phi) is 6.40. The molecule has 0 saturated carbocycles. The fourth-order valence-electron chi connectivity index (χ4n) is 3.02. The molecular weight excluding hydrogens is 389 g/mol. The minimum absolute atomic E-state index is 0.499. The highest BCUT2D eigenvalue weighted by Gasteiger charge is 2.20. The van der Waals surface area contributed by atoms with Gasteiger partial charge < -0.3 is 10.2 Å². The summed E-state index contributed by atoms with van der Waals surface area (Å²) in [4.78, 5) is 4.61. The quantitative estimate of drug-likeness (QED) is 0.768. The average molecular weight is 412 g/mol. The van der Waals surface area contributed by atoms with Crippen LogP contribution in [0.2, 0.25) is 10.0 Å². The third kappa shape index (κ3) is 4.49. The van der Waals surface area contributed by atoms with E-state index in [0.717, 1.165) is 50.6 Å². The van der Waals surface area contributed by atoms with E-state index in [9.17, 15) is 0 Å². The van der Waals surface area contributed by atoms with Gasteiger partial charge in [-0.3, -0.25) is 9.58 Å². The molecule has 0 aliphatic carbocycles. The van der Waals surface area contributed by atoms with E-state index < -0.39 is 0 Å². The van der Waals surface area contributed by atoms with Crippen molar-refractivity contribution in [1.29, 1.82) is 0 Å². The van der Waals surface area contributed by atoms with Crippen LogP contribution in [0.4, 0.5) is 5.69 Å². The third-order valence-electron chi connectivity index (χ3n) is 4.62. The molecule has 0 radical (unpaired) electrons. The molecular formula is C18H23Cl2N5S. The molecule has 0 unspecified atom stereocenters. The summed E-state index contributed by atoms with van der Waals surface area (Å²) in [6, 6.07) is 5.50. The maximum atomic E-state index is 6.23. The summed E-state index contributed by atoms with van der Waals surface area (Å²) in [5.41, 5.74) is 3.16. The summed E-state index contributed by atoms with van der Waals surface area (Å²) in [5, 5.41) is 9.44. The van der Waals surface area contributed by atoms with Crippen LogP contribution in [0.1, 0.15) is 18.2 Å². The Labute approximate surface area is 169 Å². The van der Waals surface area contributed by atoms with Crippen LogP contribution in [0.25, 0.3) is 0 Å². The molecule has 1 fully saturated rings. The van der Waals surface area contributed by atoms with Crippen molar-refractivity contribution in [2.45, 2.75) is 26.9 Å². The van der Waals surface area contributed by atoms with Crippen LogP contribution in [0.5, 0.6) is 0 Å². The Morgan fingerprint density at radius 1 is 1.23 bits per heavy atom. The fourth-order valence-corrected chi connectivity index (χ4v) is 3.66. The lowest BCUT2D eigenvalue weighted by Crippen LogP contribution is -2.49. The second-order valence-corrected chi connectivity index (χ2v) is 7.56. The average Bonchev–Trinajstić information content (AvgIpc) is 2.99. The van der Waals surface area contributed by atoms with Crippen molar-refractivity contribution in [2.75, 3.05) is 31.5 Å². The second kappa shape index (κ2) is 8.57. The molecule has 1 aliphatic heterocycles. The Hall–Kier alpha value is -1.34. The Balaban J connectivity index is 1.53. The molecule has 1 N–H and O–H groups in total. The fraction of sp³-hybridized carbons (Fsp3) is 0.444. The zero-order valence-corrected chi connectivity index (χ0v) is 17.3. The number of hydrogen-bond donors (Lipinski definition) is 1. The van der Waals surface area contributed by atoms with Crippen LogP contribution in [0.15, 0.2) is 24.4 Å². The first-order valence-electron chi connectivity index (χ1n) is 8.73. The molecule has 1 aliphatic rings. The van der Waals surface area contributed by atoms with Crippen molar-refractivity contribution in [3.8, 4) is 0 Å². The number of piperazine rings is 1. The van der Waals surface area contributed by atoms with Crippen LogP contribution in [0.3, 0.4) is 0 Å². The molecule has 1 aromatic heterocycles. The lowest BCUT2D eigenvalue weighted by molar-refractivity contribution is 0.176. The summed E-state index contributed by atoms with van der Waals surface area (Å²) >= 11 is 17.8. The van der Waals surface area contributed by atoms with Crippen molar-refractivity contribution in [1.82, 2.24) is 19.6 Å². The highest BCUT2D eigenvalue weighted by atomic mass is 35.5. The van der Waals surface area contributed by atoms with Crippen molar-refractivity contribution in [2.24, 2.45) is 0 Å². The number of hydrogen-bond acceptors (Lipinski definition) is 3. The van der Waals surface area contributed by atoms with Gasteiger partial charge in [-0.05, 0) is 38.2 Å². The zero-order chi connectivity index (χ0) is 18.7. The van der Waals surface area contributed by atoms with E-state index in [0.29, 0.717) is 15.2 Å². The molecule has 140 valence electrons. The van der Waals surface area contributed by atoms with Gasteiger partial charge in [0.1, 0.15) is 0 Å². The first-order valence-corrected chi connectivity index (χ1v) is 9.89. The van der Waals surface area contributed by atoms with Crippen LogP contribution in [0, 0.1) is 6.92 Å². The highest BCUT2D eigenvalue weighted by molar-refractivity contribution is 7.80.